The van der Waals surface area contributed by atoms with Crippen LogP contribution in [0.25, 0.3) is 16.3 Å². The number of carbonyl (C=O) groups is 1. The van der Waals surface area contributed by atoms with E-state index < -0.39 is 0 Å². The molecule has 0 radical (unpaired) electrons. The number of guanidine groups is 1. The van der Waals surface area contributed by atoms with Gasteiger partial charge in [-0.1, -0.05) is 18.9 Å². The minimum atomic E-state index is -0.172. The third kappa shape index (κ3) is 3.78. The fourth-order valence-corrected chi connectivity index (χ4v) is 4.24. The highest BCUT2D eigenvalue weighted by molar-refractivity contribution is 7.16. The van der Waals surface area contributed by atoms with Gasteiger partial charge in [0.1, 0.15) is 5.70 Å². The van der Waals surface area contributed by atoms with Crippen molar-refractivity contribution in [1.82, 2.24) is 15.6 Å². The fraction of sp³-hybridized carbons (Fsp3) is 0.421. The van der Waals surface area contributed by atoms with Crippen molar-refractivity contribution in [3.63, 3.8) is 0 Å². The first-order chi connectivity index (χ1) is 12.7. The van der Waals surface area contributed by atoms with Crippen LogP contribution in [-0.4, -0.2) is 36.1 Å². The number of hydrogen-bond acceptors (Lipinski definition) is 6. The molecule has 0 spiro atoms. The molecule has 2 unspecified atom stereocenters. The topological polar surface area (TPSA) is 75.6 Å². The highest BCUT2D eigenvalue weighted by Gasteiger charge is 2.25. The van der Waals surface area contributed by atoms with Gasteiger partial charge >= 0.3 is 0 Å². The Kier molecular flexibility index (Phi) is 4.99. The predicted octanol–water partition coefficient (Wildman–Crippen LogP) is 3.06. The molecule has 2 aliphatic rings. The molecule has 7 heteroatoms. The molecule has 0 saturated heterocycles. The molecule has 1 aromatic carbocycles. The standard InChI is InChI=1S/C19H22N4O2S/c1-25-14-5-3-2-4-13(10-14)21-19-22-16(18(24)23-19)8-12-6-7-15-17(9-12)26-11-20-15/h6-9,11,13-14H,2-5,10H2,1H3,(H2,21,22,23,24)/b16-8-. The summed E-state index contributed by atoms with van der Waals surface area (Å²) in [5.41, 5.74) is 4.17. The van der Waals surface area contributed by atoms with Crippen molar-refractivity contribution in [2.24, 2.45) is 4.99 Å². The molecule has 4 rings (SSSR count). The van der Waals surface area contributed by atoms with Crippen molar-refractivity contribution in [3.8, 4) is 0 Å². The fourth-order valence-electron chi connectivity index (χ4n) is 3.51. The van der Waals surface area contributed by atoms with Crippen LogP contribution in [0, 0.1) is 0 Å². The van der Waals surface area contributed by atoms with Crippen LogP contribution < -0.4 is 10.6 Å². The molecular formula is C19H22N4O2S. The van der Waals surface area contributed by atoms with E-state index in [2.05, 4.69) is 20.6 Å². The largest absolute Gasteiger partial charge is 0.381 e. The van der Waals surface area contributed by atoms with Crippen LogP contribution in [0.2, 0.25) is 0 Å². The average molecular weight is 370 g/mol. The lowest BCUT2D eigenvalue weighted by Crippen LogP contribution is -2.43. The van der Waals surface area contributed by atoms with E-state index in [1.165, 1.54) is 6.42 Å². The van der Waals surface area contributed by atoms with Crippen LogP contribution in [0.4, 0.5) is 0 Å². The third-order valence-electron chi connectivity index (χ3n) is 4.91. The van der Waals surface area contributed by atoms with Gasteiger partial charge in [0.05, 0.1) is 21.8 Å². The Bertz CT molecular complexity index is 873. The van der Waals surface area contributed by atoms with Crippen LogP contribution in [0.1, 0.15) is 37.7 Å². The Hall–Kier alpha value is -2.25. The number of amides is 1. The number of thiazole rings is 1. The maximum Gasteiger partial charge on any atom is 0.276 e. The molecule has 1 fully saturated rings. The smallest absolute Gasteiger partial charge is 0.276 e. The summed E-state index contributed by atoms with van der Waals surface area (Å²) in [6, 6.07) is 6.22. The molecule has 2 atom stereocenters. The average Bonchev–Trinajstić information content (AvgIpc) is 3.15. The first-order valence-electron chi connectivity index (χ1n) is 8.95. The molecule has 1 saturated carbocycles. The monoisotopic (exact) mass is 370 g/mol. The molecule has 2 aromatic rings. The molecule has 1 amide bonds. The van der Waals surface area contributed by atoms with Gasteiger partial charge in [0.15, 0.2) is 0 Å². The van der Waals surface area contributed by atoms with Gasteiger partial charge in [-0.25, -0.2) is 9.98 Å². The van der Waals surface area contributed by atoms with Gasteiger partial charge in [-0.2, -0.15) is 0 Å². The minimum absolute atomic E-state index is 0.172. The molecule has 6 nitrogen and oxygen atoms in total. The number of nitrogens with zero attached hydrogens (tertiary/aromatic N) is 2. The summed E-state index contributed by atoms with van der Waals surface area (Å²) < 4.78 is 6.63. The molecule has 1 aromatic heterocycles. The minimum Gasteiger partial charge on any atom is -0.381 e. The number of nitrogens with one attached hydrogen (secondary N) is 2. The lowest BCUT2D eigenvalue weighted by atomic mass is 10.1. The number of hydrogen-bond donors (Lipinski definition) is 2. The van der Waals surface area contributed by atoms with Crippen molar-refractivity contribution in [3.05, 3.63) is 35.0 Å². The summed E-state index contributed by atoms with van der Waals surface area (Å²) in [5, 5.41) is 6.22. The molecule has 26 heavy (non-hydrogen) atoms. The molecule has 1 aliphatic carbocycles. The van der Waals surface area contributed by atoms with Gasteiger partial charge in [0.2, 0.25) is 5.96 Å². The molecule has 1 aliphatic heterocycles. The van der Waals surface area contributed by atoms with E-state index in [1.54, 1.807) is 18.4 Å². The number of aromatic nitrogens is 1. The van der Waals surface area contributed by atoms with E-state index in [1.807, 2.05) is 29.8 Å². The number of fused-ring (bicyclic) bond motifs is 1. The number of ether oxygens (including phenoxy) is 1. The molecule has 2 N–H and O–H groups in total. The van der Waals surface area contributed by atoms with E-state index in [9.17, 15) is 4.79 Å². The van der Waals surface area contributed by atoms with Crippen molar-refractivity contribution in [2.45, 2.75) is 44.2 Å². The Morgan fingerprint density at radius 3 is 3.12 bits per heavy atom. The van der Waals surface area contributed by atoms with Gasteiger partial charge in [0, 0.05) is 13.2 Å². The zero-order chi connectivity index (χ0) is 17.9. The Morgan fingerprint density at radius 2 is 2.23 bits per heavy atom. The van der Waals surface area contributed by atoms with Crippen LogP contribution in [-0.2, 0) is 9.53 Å². The second kappa shape index (κ2) is 7.55. The second-order valence-corrected chi connectivity index (χ2v) is 7.63. The van der Waals surface area contributed by atoms with Crippen molar-refractivity contribution >= 4 is 39.5 Å². The van der Waals surface area contributed by atoms with Crippen molar-refractivity contribution in [2.75, 3.05) is 7.11 Å². The summed E-state index contributed by atoms with van der Waals surface area (Å²) in [6.07, 6.45) is 7.53. The number of aliphatic imine (C=N–C) groups is 1. The van der Waals surface area contributed by atoms with E-state index in [-0.39, 0.29) is 18.1 Å². The van der Waals surface area contributed by atoms with Gasteiger partial charge < -0.3 is 10.1 Å². The lowest BCUT2D eigenvalue weighted by Gasteiger charge is -2.20. The Balaban J connectivity index is 1.49. The molecule has 2 heterocycles. The number of benzene rings is 1. The summed E-state index contributed by atoms with van der Waals surface area (Å²) in [4.78, 5) is 21.0. The van der Waals surface area contributed by atoms with E-state index in [0.29, 0.717) is 11.7 Å². The van der Waals surface area contributed by atoms with Gasteiger partial charge in [-0.15, -0.1) is 11.3 Å². The maximum atomic E-state index is 12.3. The van der Waals surface area contributed by atoms with Gasteiger partial charge in [0.25, 0.3) is 5.91 Å². The van der Waals surface area contributed by atoms with Crippen LogP contribution in [0.5, 0.6) is 0 Å². The zero-order valence-corrected chi connectivity index (χ0v) is 15.5. The predicted molar refractivity (Wildman–Crippen MR) is 104 cm³/mol. The van der Waals surface area contributed by atoms with E-state index >= 15 is 0 Å². The van der Waals surface area contributed by atoms with E-state index in [0.717, 1.165) is 41.5 Å². The second-order valence-electron chi connectivity index (χ2n) is 6.74. The normalized spacial score (nSPS) is 25.2. The first-order valence-corrected chi connectivity index (χ1v) is 9.83. The summed E-state index contributed by atoms with van der Waals surface area (Å²) >= 11 is 1.59. The highest BCUT2D eigenvalue weighted by Crippen LogP contribution is 2.22. The number of carbonyl (C=O) groups excluding carboxylic acids is 1. The highest BCUT2D eigenvalue weighted by atomic mass is 32.1. The van der Waals surface area contributed by atoms with Crippen LogP contribution >= 0.6 is 11.3 Å². The molecule has 0 bridgehead atoms. The quantitative estimate of drug-likeness (QED) is 0.643. The van der Waals surface area contributed by atoms with E-state index in [4.69, 9.17) is 4.74 Å². The van der Waals surface area contributed by atoms with Gasteiger partial charge in [-0.3, -0.25) is 10.1 Å². The summed E-state index contributed by atoms with van der Waals surface area (Å²) in [5.74, 6) is 0.371. The third-order valence-corrected chi connectivity index (χ3v) is 5.70. The Morgan fingerprint density at radius 1 is 1.35 bits per heavy atom. The summed E-state index contributed by atoms with van der Waals surface area (Å²) in [7, 11) is 1.77. The summed E-state index contributed by atoms with van der Waals surface area (Å²) in [6.45, 7) is 0. The van der Waals surface area contributed by atoms with Crippen molar-refractivity contribution < 1.29 is 9.53 Å². The van der Waals surface area contributed by atoms with Gasteiger partial charge in [-0.05, 0) is 43.0 Å². The Labute approximate surface area is 156 Å². The number of rotatable bonds is 3. The molecular weight excluding hydrogens is 348 g/mol. The zero-order valence-electron chi connectivity index (χ0n) is 14.7. The number of methoxy groups -OCH3 is 1. The SMILES string of the molecule is COC1CCCCC(NC2=N/C(=C\c3ccc4ncsc4c3)C(=O)N2)C1. The maximum absolute atomic E-state index is 12.3. The lowest BCUT2D eigenvalue weighted by molar-refractivity contribution is -0.115. The molecule has 136 valence electrons. The first kappa shape index (κ1) is 17.2. The van der Waals surface area contributed by atoms with Crippen molar-refractivity contribution in [1.29, 1.82) is 0 Å². The van der Waals surface area contributed by atoms with Crippen LogP contribution in [0.3, 0.4) is 0 Å². The van der Waals surface area contributed by atoms with Crippen LogP contribution in [0.15, 0.2) is 34.4 Å².